The van der Waals surface area contributed by atoms with Gasteiger partial charge in [0.2, 0.25) is 0 Å². The van der Waals surface area contributed by atoms with E-state index in [-0.39, 0.29) is 5.92 Å². The largest absolute Gasteiger partial charge is 0.492 e. The lowest BCUT2D eigenvalue weighted by Crippen LogP contribution is -2.28. The number of ether oxygens (including phenoxy) is 2. The molecule has 1 fully saturated rings. The van der Waals surface area contributed by atoms with Crippen molar-refractivity contribution in [3.05, 3.63) is 22.2 Å². The summed E-state index contributed by atoms with van der Waals surface area (Å²) in [5.41, 5.74) is 1.34. The number of benzene rings is 1. The molecule has 1 aliphatic rings. The van der Waals surface area contributed by atoms with Gasteiger partial charge in [-0.1, -0.05) is 11.6 Å². The van der Waals surface area contributed by atoms with Crippen LogP contribution in [0.1, 0.15) is 34.7 Å². The van der Waals surface area contributed by atoms with Gasteiger partial charge in [-0.05, 0) is 25.5 Å². The van der Waals surface area contributed by atoms with Gasteiger partial charge < -0.3 is 14.8 Å². The van der Waals surface area contributed by atoms with Gasteiger partial charge in [-0.2, -0.15) is 0 Å². The first-order valence-electron chi connectivity index (χ1n) is 6.33. The smallest absolute Gasteiger partial charge is 0.171 e. The average molecular weight is 284 g/mol. The van der Waals surface area contributed by atoms with Crippen molar-refractivity contribution in [1.29, 1.82) is 0 Å². The second kappa shape index (κ2) is 6.26. The van der Waals surface area contributed by atoms with E-state index in [1.165, 1.54) is 7.11 Å². The Morgan fingerprint density at radius 1 is 1.37 bits per heavy atom. The van der Waals surface area contributed by atoms with E-state index in [4.69, 9.17) is 21.1 Å². The number of rotatable bonds is 4. The van der Waals surface area contributed by atoms with Gasteiger partial charge in [0.1, 0.15) is 0 Å². The van der Waals surface area contributed by atoms with Crippen LogP contribution in [0, 0.1) is 0 Å². The molecule has 1 heterocycles. The number of nitrogens with one attached hydrogen (secondary N) is 1. The number of piperidine rings is 1. The molecule has 0 aliphatic carbocycles. The zero-order chi connectivity index (χ0) is 13.8. The molecular formula is C14H18ClNO3. The number of halogens is 1. The fourth-order valence-corrected chi connectivity index (χ4v) is 2.98. The first kappa shape index (κ1) is 14.2. The minimum Gasteiger partial charge on any atom is -0.492 e. The summed E-state index contributed by atoms with van der Waals surface area (Å²) in [6.07, 6.45) is 2.88. The van der Waals surface area contributed by atoms with Gasteiger partial charge in [0.25, 0.3) is 0 Å². The fraction of sp³-hybridized carbons (Fsp3) is 0.500. The Kier molecular flexibility index (Phi) is 4.66. The predicted molar refractivity (Wildman–Crippen MR) is 74.8 cm³/mol. The second-order valence-corrected chi connectivity index (χ2v) is 5.00. The minimum atomic E-state index is 0.283. The summed E-state index contributed by atoms with van der Waals surface area (Å²) < 4.78 is 10.8. The van der Waals surface area contributed by atoms with Crippen molar-refractivity contribution < 1.29 is 14.3 Å². The monoisotopic (exact) mass is 283 g/mol. The van der Waals surface area contributed by atoms with Crippen LogP contribution in [0.5, 0.6) is 11.5 Å². The van der Waals surface area contributed by atoms with Crippen molar-refractivity contribution >= 4 is 17.9 Å². The molecule has 2 rings (SSSR count). The van der Waals surface area contributed by atoms with Gasteiger partial charge in [0.05, 0.1) is 19.8 Å². The highest BCUT2D eigenvalue weighted by molar-refractivity contribution is 6.32. The quantitative estimate of drug-likeness (QED) is 0.863. The van der Waals surface area contributed by atoms with Crippen LogP contribution >= 0.6 is 11.6 Å². The highest BCUT2D eigenvalue weighted by Gasteiger charge is 2.26. The van der Waals surface area contributed by atoms with Gasteiger partial charge in [0.15, 0.2) is 17.8 Å². The molecule has 1 aromatic rings. The third kappa shape index (κ3) is 2.69. The number of hydrogen-bond donors (Lipinski definition) is 1. The summed E-state index contributed by atoms with van der Waals surface area (Å²) in [4.78, 5) is 11.1. The molecule has 1 unspecified atom stereocenters. The van der Waals surface area contributed by atoms with E-state index >= 15 is 0 Å². The average Bonchev–Trinajstić information content (AvgIpc) is 2.46. The zero-order valence-electron chi connectivity index (χ0n) is 11.2. The van der Waals surface area contributed by atoms with Gasteiger partial charge >= 0.3 is 0 Å². The first-order chi connectivity index (χ1) is 9.22. The molecule has 104 valence electrons. The lowest BCUT2D eigenvalue weighted by atomic mass is 9.90. The van der Waals surface area contributed by atoms with Crippen LogP contribution in [0.3, 0.4) is 0 Å². The van der Waals surface area contributed by atoms with Crippen molar-refractivity contribution in [3.8, 4) is 11.5 Å². The van der Waals surface area contributed by atoms with Crippen molar-refractivity contribution in [3.63, 3.8) is 0 Å². The molecule has 0 radical (unpaired) electrons. The molecule has 1 aliphatic heterocycles. The molecule has 0 amide bonds. The topological polar surface area (TPSA) is 47.6 Å². The number of methoxy groups -OCH3 is 2. The predicted octanol–water partition coefficient (Wildman–Crippen LogP) is 2.64. The highest BCUT2D eigenvalue weighted by atomic mass is 35.5. The van der Waals surface area contributed by atoms with E-state index in [2.05, 4.69) is 5.32 Å². The first-order valence-corrected chi connectivity index (χ1v) is 6.71. The van der Waals surface area contributed by atoms with E-state index in [1.54, 1.807) is 13.2 Å². The molecular weight excluding hydrogens is 266 g/mol. The van der Waals surface area contributed by atoms with Crippen LogP contribution < -0.4 is 14.8 Å². The molecule has 1 aromatic carbocycles. The summed E-state index contributed by atoms with van der Waals surface area (Å²) >= 11 is 6.33. The molecule has 1 saturated heterocycles. The van der Waals surface area contributed by atoms with Crippen molar-refractivity contribution in [2.24, 2.45) is 0 Å². The Balaban J connectivity index is 2.54. The van der Waals surface area contributed by atoms with Gasteiger partial charge in [-0.15, -0.1) is 0 Å². The van der Waals surface area contributed by atoms with E-state index in [0.717, 1.165) is 37.8 Å². The normalized spacial score (nSPS) is 19.0. The van der Waals surface area contributed by atoms with Crippen LogP contribution in [0.2, 0.25) is 5.02 Å². The second-order valence-electron chi connectivity index (χ2n) is 4.59. The van der Waals surface area contributed by atoms with Crippen molar-refractivity contribution in [2.45, 2.75) is 18.8 Å². The molecule has 0 aromatic heterocycles. The lowest BCUT2D eigenvalue weighted by molar-refractivity contribution is 0.112. The Labute approximate surface area is 118 Å². The molecule has 4 nitrogen and oxygen atoms in total. The van der Waals surface area contributed by atoms with Crippen LogP contribution in [0.4, 0.5) is 0 Å². The minimum absolute atomic E-state index is 0.283. The Morgan fingerprint density at radius 3 is 2.63 bits per heavy atom. The SMILES string of the molecule is COc1c(C=O)cc(Cl)c(C2CCCNC2)c1OC. The zero-order valence-corrected chi connectivity index (χ0v) is 11.9. The van der Waals surface area contributed by atoms with Crippen molar-refractivity contribution in [1.82, 2.24) is 5.32 Å². The summed E-state index contributed by atoms with van der Waals surface area (Å²) in [7, 11) is 3.10. The molecule has 5 heteroatoms. The number of hydrogen-bond acceptors (Lipinski definition) is 4. The molecule has 0 bridgehead atoms. The van der Waals surface area contributed by atoms with E-state index < -0.39 is 0 Å². The van der Waals surface area contributed by atoms with E-state index in [0.29, 0.717) is 22.1 Å². The van der Waals surface area contributed by atoms with Crippen LogP contribution in [-0.2, 0) is 0 Å². The maximum Gasteiger partial charge on any atom is 0.171 e. The Hall–Kier alpha value is -1.26. The molecule has 19 heavy (non-hydrogen) atoms. The molecule has 1 N–H and O–H groups in total. The number of carbonyl (C=O) groups excluding carboxylic acids is 1. The number of aldehydes is 1. The fourth-order valence-electron chi connectivity index (χ4n) is 2.62. The lowest BCUT2D eigenvalue weighted by Gasteiger charge is -2.26. The van der Waals surface area contributed by atoms with Crippen molar-refractivity contribution in [2.75, 3.05) is 27.3 Å². The van der Waals surface area contributed by atoms with Crippen LogP contribution in [0.25, 0.3) is 0 Å². The number of carbonyl (C=O) groups is 1. The maximum absolute atomic E-state index is 11.1. The molecule has 1 atom stereocenters. The third-order valence-electron chi connectivity index (χ3n) is 3.49. The van der Waals surface area contributed by atoms with Crippen LogP contribution in [-0.4, -0.2) is 33.6 Å². The summed E-state index contributed by atoms with van der Waals surface area (Å²) in [5.74, 6) is 1.32. The van der Waals surface area contributed by atoms with Gasteiger partial charge in [-0.25, -0.2) is 0 Å². The van der Waals surface area contributed by atoms with Gasteiger partial charge in [-0.3, -0.25) is 4.79 Å². The Bertz CT molecular complexity index is 470. The maximum atomic E-state index is 11.1. The third-order valence-corrected chi connectivity index (χ3v) is 3.81. The standard InChI is InChI=1S/C14H18ClNO3/c1-18-13-10(8-17)6-11(15)12(14(13)19-2)9-4-3-5-16-7-9/h6,8-9,16H,3-5,7H2,1-2H3. The summed E-state index contributed by atoms with van der Waals surface area (Å²) in [5, 5.41) is 3.92. The van der Waals surface area contributed by atoms with E-state index in [9.17, 15) is 4.79 Å². The summed E-state index contributed by atoms with van der Waals surface area (Å²) in [6, 6.07) is 1.65. The van der Waals surface area contributed by atoms with Gasteiger partial charge in [0, 0.05) is 23.0 Å². The van der Waals surface area contributed by atoms with E-state index in [1.807, 2.05) is 0 Å². The molecule has 0 spiro atoms. The Morgan fingerprint density at radius 2 is 2.11 bits per heavy atom. The van der Waals surface area contributed by atoms with Crippen LogP contribution in [0.15, 0.2) is 6.07 Å². The highest BCUT2D eigenvalue weighted by Crippen LogP contribution is 2.44. The molecule has 0 saturated carbocycles. The summed E-state index contributed by atoms with van der Waals surface area (Å²) in [6.45, 7) is 1.89.